The summed E-state index contributed by atoms with van der Waals surface area (Å²) in [6.45, 7) is 4.90. The number of piperidine rings is 1. The molecule has 0 spiro atoms. The molecule has 316 valence electrons. The number of methoxy groups -OCH3 is 1. The molecule has 3 aromatic rings. The molecule has 1 saturated carbocycles. The van der Waals surface area contributed by atoms with Crippen molar-refractivity contribution in [1.82, 2.24) is 25.3 Å². The molecule has 7 rings (SSSR count). The minimum Gasteiger partial charge on any atom is -0.490 e. The summed E-state index contributed by atoms with van der Waals surface area (Å²) in [7, 11) is 1.19. The second kappa shape index (κ2) is 18.6. The predicted octanol–water partition coefficient (Wildman–Crippen LogP) is 3.70. The number of anilines is 2. The zero-order valence-corrected chi connectivity index (χ0v) is 34.0. The molecule has 3 aliphatic heterocycles. The van der Waals surface area contributed by atoms with Gasteiger partial charge in [-0.1, -0.05) is 11.6 Å². The fourth-order valence-electron chi connectivity index (χ4n) is 8.48. The van der Waals surface area contributed by atoms with Crippen LogP contribution in [0, 0.1) is 23.1 Å². The summed E-state index contributed by atoms with van der Waals surface area (Å²) < 4.78 is 26.2. The number of hydrogen-bond donors (Lipinski definition) is 2. The molecule has 1 aliphatic carbocycles. The van der Waals surface area contributed by atoms with Crippen molar-refractivity contribution in [3.63, 3.8) is 0 Å². The Morgan fingerprint density at radius 1 is 0.933 bits per heavy atom. The second-order valence-corrected chi connectivity index (χ2v) is 16.1. The molecule has 3 fully saturated rings. The number of ether oxygens (including phenoxy) is 2. The molecule has 3 N–H and O–H groups in total. The molecule has 18 heteroatoms. The van der Waals surface area contributed by atoms with E-state index in [0.29, 0.717) is 53.3 Å². The number of piperazine rings is 1. The van der Waals surface area contributed by atoms with E-state index < -0.39 is 35.5 Å². The van der Waals surface area contributed by atoms with Crippen molar-refractivity contribution in [2.24, 2.45) is 11.7 Å². The number of hydrogen-bond acceptors (Lipinski definition) is 13. The summed E-state index contributed by atoms with van der Waals surface area (Å²) in [6.07, 6.45) is 4.53. The van der Waals surface area contributed by atoms with E-state index >= 15 is 4.39 Å². The van der Waals surface area contributed by atoms with Gasteiger partial charge in [-0.25, -0.2) is 4.39 Å². The molecule has 1 aromatic heterocycles. The standard InChI is InChI=1S/C42H47ClFN9O7/c1-59-38(54)11-9-35(39(46)55)53-41(57)30-21-33(44)36(22-31(30)42(53)58)51-18-16-50(17-19-51)24-25-12-14-52(15-13-25)37-10-8-34(48-49-37)40(56)47-27-3-6-28(7-4-27)60-29-5-2-26(23-45)32(43)20-29/h2,5,8,10,20-22,25,27-28,35H,3-4,6-7,9,11-19,24H2,1H3,(H2,46,55)(H,47,56). The topological polar surface area (TPSA) is 204 Å². The number of carbonyl (C=O) groups excluding carboxylic acids is 5. The minimum absolute atomic E-state index is 0.0000856. The van der Waals surface area contributed by atoms with Crippen LogP contribution in [0.3, 0.4) is 0 Å². The summed E-state index contributed by atoms with van der Waals surface area (Å²) in [5.74, 6) is -2.25. The van der Waals surface area contributed by atoms with Crippen LogP contribution in [-0.4, -0.2) is 121 Å². The highest BCUT2D eigenvalue weighted by atomic mass is 35.5. The number of nitrogens with two attached hydrogens (primary N) is 1. The zero-order chi connectivity index (χ0) is 42.5. The number of benzene rings is 2. The molecule has 2 aromatic carbocycles. The maximum atomic E-state index is 15.5. The van der Waals surface area contributed by atoms with E-state index in [2.05, 4.69) is 30.1 Å². The number of nitrogens with one attached hydrogen (secondary N) is 1. The van der Waals surface area contributed by atoms with Crippen molar-refractivity contribution >= 4 is 52.7 Å². The molecular weight excluding hydrogens is 797 g/mol. The summed E-state index contributed by atoms with van der Waals surface area (Å²) in [5, 5.41) is 21.2. The Hall–Kier alpha value is -5.86. The fourth-order valence-corrected chi connectivity index (χ4v) is 8.69. The van der Waals surface area contributed by atoms with E-state index in [4.69, 9.17) is 27.3 Å². The third kappa shape index (κ3) is 9.45. The van der Waals surface area contributed by atoms with Gasteiger partial charge in [0.15, 0.2) is 11.5 Å². The van der Waals surface area contributed by atoms with Crippen molar-refractivity contribution in [2.75, 3.05) is 62.7 Å². The number of rotatable bonds is 13. The molecule has 60 heavy (non-hydrogen) atoms. The highest BCUT2D eigenvalue weighted by molar-refractivity contribution is 6.31. The van der Waals surface area contributed by atoms with Crippen LogP contribution in [0.4, 0.5) is 15.9 Å². The van der Waals surface area contributed by atoms with Crippen LogP contribution in [0.15, 0.2) is 42.5 Å². The number of amides is 4. The van der Waals surface area contributed by atoms with E-state index in [9.17, 15) is 24.0 Å². The van der Waals surface area contributed by atoms with Gasteiger partial charge in [0.05, 0.1) is 40.6 Å². The smallest absolute Gasteiger partial charge is 0.305 e. The molecule has 1 unspecified atom stereocenters. The molecule has 4 heterocycles. The monoisotopic (exact) mass is 843 g/mol. The lowest BCUT2D eigenvalue weighted by molar-refractivity contribution is -0.141. The average molecular weight is 844 g/mol. The first kappa shape index (κ1) is 42.3. The number of nitrogens with zero attached hydrogens (tertiary/aromatic N) is 7. The maximum Gasteiger partial charge on any atom is 0.305 e. The number of nitriles is 1. The summed E-state index contributed by atoms with van der Waals surface area (Å²) in [4.78, 5) is 70.5. The van der Waals surface area contributed by atoms with E-state index in [1.807, 2.05) is 17.0 Å². The van der Waals surface area contributed by atoms with Crippen molar-refractivity contribution in [3.05, 3.63) is 75.7 Å². The molecule has 4 aliphatic rings. The summed E-state index contributed by atoms with van der Waals surface area (Å²) in [6, 6.07) is 11.7. The molecule has 4 amide bonds. The number of carbonyl (C=O) groups is 5. The van der Waals surface area contributed by atoms with Crippen molar-refractivity contribution in [2.45, 2.75) is 69.6 Å². The van der Waals surface area contributed by atoms with Crippen LogP contribution in [0.1, 0.15) is 88.1 Å². The highest BCUT2D eigenvalue weighted by Gasteiger charge is 2.43. The lowest BCUT2D eigenvalue weighted by Gasteiger charge is -2.39. The van der Waals surface area contributed by atoms with Gasteiger partial charge in [0, 0.05) is 64.3 Å². The molecule has 1 atom stereocenters. The first-order valence-corrected chi connectivity index (χ1v) is 20.6. The SMILES string of the molecule is COC(=O)CCC(C(N)=O)N1C(=O)c2cc(F)c(N3CCN(CC4CCN(c5ccc(C(=O)NC6CCC(Oc7ccc(C#N)c(Cl)c7)CC6)nn5)CC4)CC3)cc2C1=O. The second-order valence-electron chi connectivity index (χ2n) is 15.7. The third-order valence-electron chi connectivity index (χ3n) is 11.9. The van der Waals surface area contributed by atoms with Gasteiger partial charge in [-0.05, 0) is 87.3 Å². The minimum atomic E-state index is -1.38. The molecular formula is C42H47ClFN9O7. The lowest BCUT2D eigenvalue weighted by atomic mass is 9.93. The third-order valence-corrected chi connectivity index (χ3v) is 12.2. The van der Waals surface area contributed by atoms with Gasteiger partial charge in [0.1, 0.15) is 23.7 Å². The Labute approximate surface area is 351 Å². The van der Waals surface area contributed by atoms with Crippen LogP contribution in [0.25, 0.3) is 0 Å². The first-order chi connectivity index (χ1) is 28.9. The molecule has 0 bridgehead atoms. The van der Waals surface area contributed by atoms with Crippen molar-refractivity contribution < 1.29 is 37.8 Å². The van der Waals surface area contributed by atoms with Gasteiger partial charge in [-0.3, -0.25) is 33.8 Å². The van der Waals surface area contributed by atoms with E-state index in [-0.39, 0.29) is 53.4 Å². The Balaban J connectivity index is 0.837. The average Bonchev–Trinajstić information content (AvgIpc) is 3.48. The predicted molar refractivity (Wildman–Crippen MR) is 217 cm³/mol. The fraction of sp³-hybridized carbons (Fsp3) is 0.476. The largest absolute Gasteiger partial charge is 0.490 e. The van der Waals surface area contributed by atoms with Crippen LogP contribution in [0.5, 0.6) is 5.75 Å². The van der Waals surface area contributed by atoms with E-state index in [1.54, 1.807) is 24.3 Å². The maximum absolute atomic E-state index is 15.5. The normalized spacial score (nSPS) is 20.3. The Kier molecular flexibility index (Phi) is 13.1. The lowest BCUT2D eigenvalue weighted by Crippen LogP contribution is -2.49. The van der Waals surface area contributed by atoms with E-state index in [0.717, 1.165) is 70.0 Å². The molecule has 0 radical (unpaired) electrons. The van der Waals surface area contributed by atoms with Crippen molar-refractivity contribution in [1.29, 1.82) is 5.26 Å². The Morgan fingerprint density at radius 3 is 2.25 bits per heavy atom. The number of aromatic nitrogens is 2. The number of primary amides is 1. The van der Waals surface area contributed by atoms with Gasteiger partial charge < -0.3 is 30.3 Å². The van der Waals surface area contributed by atoms with Gasteiger partial charge >= 0.3 is 5.97 Å². The number of esters is 1. The van der Waals surface area contributed by atoms with Crippen molar-refractivity contribution in [3.8, 4) is 11.8 Å². The van der Waals surface area contributed by atoms with Crippen LogP contribution in [-0.2, 0) is 14.3 Å². The van der Waals surface area contributed by atoms with E-state index in [1.165, 1.54) is 13.2 Å². The van der Waals surface area contributed by atoms with Gasteiger partial charge in [-0.15, -0.1) is 10.2 Å². The molecule has 16 nitrogen and oxygen atoms in total. The quantitative estimate of drug-likeness (QED) is 0.186. The van der Waals surface area contributed by atoms with Gasteiger partial charge in [0.2, 0.25) is 5.91 Å². The number of imide groups is 1. The van der Waals surface area contributed by atoms with Gasteiger partial charge in [0.25, 0.3) is 17.7 Å². The number of halogens is 2. The summed E-state index contributed by atoms with van der Waals surface area (Å²) >= 11 is 6.14. The highest BCUT2D eigenvalue weighted by Crippen LogP contribution is 2.33. The van der Waals surface area contributed by atoms with Crippen LogP contribution in [0.2, 0.25) is 5.02 Å². The Morgan fingerprint density at radius 2 is 1.63 bits per heavy atom. The van der Waals surface area contributed by atoms with Crippen LogP contribution < -0.4 is 25.6 Å². The van der Waals surface area contributed by atoms with Gasteiger partial charge in [-0.2, -0.15) is 5.26 Å². The zero-order valence-electron chi connectivity index (χ0n) is 33.3. The summed E-state index contributed by atoms with van der Waals surface area (Å²) in [5.41, 5.74) is 6.23. The first-order valence-electron chi connectivity index (χ1n) is 20.2. The Bertz CT molecular complexity index is 2160. The molecule has 2 saturated heterocycles. The number of fused-ring (bicyclic) bond motifs is 1. The van der Waals surface area contributed by atoms with Crippen LogP contribution >= 0.6 is 11.6 Å².